The van der Waals surface area contributed by atoms with Crippen LogP contribution in [0.15, 0.2) is 28.7 Å². The third-order valence-corrected chi connectivity index (χ3v) is 3.85. The summed E-state index contributed by atoms with van der Waals surface area (Å²) in [6.07, 6.45) is 0.195. The summed E-state index contributed by atoms with van der Waals surface area (Å²) >= 11 is 3.46. The van der Waals surface area contributed by atoms with E-state index >= 15 is 0 Å². The van der Waals surface area contributed by atoms with Crippen LogP contribution in [-0.2, 0) is 4.79 Å². The normalized spacial score (nSPS) is 21.0. The molecule has 0 spiro atoms. The molecule has 1 saturated heterocycles. The minimum Gasteiger partial charge on any atom is -0.481 e. The van der Waals surface area contributed by atoms with Gasteiger partial charge in [-0.05, 0) is 25.2 Å². The largest absolute Gasteiger partial charge is 0.481 e. The van der Waals surface area contributed by atoms with Crippen LogP contribution in [0.3, 0.4) is 0 Å². The lowest BCUT2D eigenvalue weighted by Gasteiger charge is -2.40. The molecule has 1 aliphatic rings. The van der Waals surface area contributed by atoms with Gasteiger partial charge in [-0.1, -0.05) is 22.0 Å². The number of anilines is 1. The second-order valence-corrected chi connectivity index (χ2v) is 5.57. The van der Waals surface area contributed by atoms with Crippen LogP contribution in [0, 0.1) is 0 Å². The third kappa shape index (κ3) is 3.23. The Kier molecular flexibility index (Phi) is 4.24. The first kappa shape index (κ1) is 13.4. The Morgan fingerprint density at radius 2 is 2.28 bits per heavy atom. The fraction of sp³-hybridized carbons (Fsp3) is 0.462. The molecule has 1 fully saturated rings. The topological polar surface area (TPSA) is 43.8 Å². The number of piperazine rings is 1. The van der Waals surface area contributed by atoms with Crippen molar-refractivity contribution in [2.45, 2.75) is 12.5 Å². The number of hydrogen-bond acceptors (Lipinski definition) is 3. The van der Waals surface area contributed by atoms with Gasteiger partial charge < -0.3 is 10.0 Å². The number of halogens is 1. The standard InChI is InChI=1S/C13H17BrN2O2/c1-15-5-6-16(9-12(15)8-13(17)18)11-4-2-3-10(14)7-11/h2-4,7,12H,5-6,8-9H2,1H3,(H,17,18). The lowest BCUT2D eigenvalue weighted by molar-refractivity contribution is -0.138. The van der Waals surface area contributed by atoms with Crippen LogP contribution < -0.4 is 4.90 Å². The van der Waals surface area contributed by atoms with Gasteiger partial charge in [-0.2, -0.15) is 0 Å². The molecule has 0 aromatic heterocycles. The van der Waals surface area contributed by atoms with Gasteiger partial charge >= 0.3 is 5.97 Å². The number of benzene rings is 1. The Balaban J connectivity index is 2.09. The zero-order chi connectivity index (χ0) is 13.1. The van der Waals surface area contributed by atoms with Crippen LogP contribution in [0.1, 0.15) is 6.42 Å². The number of nitrogens with zero attached hydrogens (tertiary/aromatic N) is 2. The number of carboxylic acids is 1. The van der Waals surface area contributed by atoms with Crippen molar-refractivity contribution >= 4 is 27.6 Å². The van der Waals surface area contributed by atoms with Crippen molar-refractivity contribution in [3.05, 3.63) is 28.7 Å². The molecule has 98 valence electrons. The van der Waals surface area contributed by atoms with E-state index in [1.165, 1.54) is 0 Å². The van der Waals surface area contributed by atoms with Gasteiger partial charge in [0.05, 0.1) is 6.42 Å². The van der Waals surface area contributed by atoms with Crippen molar-refractivity contribution in [2.75, 3.05) is 31.6 Å². The number of likely N-dealkylation sites (N-methyl/N-ethyl adjacent to an activating group) is 1. The molecular formula is C13H17BrN2O2. The minimum absolute atomic E-state index is 0.0789. The monoisotopic (exact) mass is 312 g/mol. The maximum Gasteiger partial charge on any atom is 0.305 e. The predicted molar refractivity (Wildman–Crippen MR) is 75.0 cm³/mol. The summed E-state index contributed by atoms with van der Waals surface area (Å²) in [6.45, 7) is 2.59. The van der Waals surface area contributed by atoms with Crippen molar-refractivity contribution in [3.8, 4) is 0 Å². The summed E-state index contributed by atoms with van der Waals surface area (Å²) in [6, 6.07) is 8.21. The molecule has 1 aromatic carbocycles. The number of carbonyl (C=O) groups is 1. The van der Waals surface area contributed by atoms with E-state index in [0.29, 0.717) is 0 Å². The second kappa shape index (κ2) is 5.71. The molecule has 1 atom stereocenters. The first-order valence-corrected chi connectivity index (χ1v) is 6.78. The van der Waals surface area contributed by atoms with Crippen molar-refractivity contribution in [3.63, 3.8) is 0 Å². The van der Waals surface area contributed by atoms with E-state index in [9.17, 15) is 4.79 Å². The summed E-state index contributed by atoms with van der Waals surface area (Å²) in [4.78, 5) is 15.2. The molecular weight excluding hydrogens is 296 g/mol. The fourth-order valence-electron chi connectivity index (χ4n) is 2.28. The van der Waals surface area contributed by atoms with Gasteiger partial charge in [0.25, 0.3) is 0 Å². The molecule has 4 nitrogen and oxygen atoms in total. The molecule has 18 heavy (non-hydrogen) atoms. The first-order chi connectivity index (χ1) is 8.56. The van der Waals surface area contributed by atoms with Crippen molar-refractivity contribution in [2.24, 2.45) is 0 Å². The van der Waals surface area contributed by atoms with Gasteiger partial charge in [0.2, 0.25) is 0 Å². The van der Waals surface area contributed by atoms with E-state index in [2.05, 4.69) is 37.9 Å². The Bertz CT molecular complexity index is 439. The number of aliphatic carboxylic acids is 1. The highest BCUT2D eigenvalue weighted by molar-refractivity contribution is 9.10. The van der Waals surface area contributed by atoms with Crippen LogP contribution in [-0.4, -0.2) is 48.7 Å². The van der Waals surface area contributed by atoms with Crippen molar-refractivity contribution in [1.29, 1.82) is 0 Å². The average Bonchev–Trinajstić information content (AvgIpc) is 2.31. The first-order valence-electron chi connectivity index (χ1n) is 5.99. The number of carboxylic acid groups (broad SMARTS) is 1. The molecule has 1 heterocycles. The lowest BCUT2D eigenvalue weighted by Crippen LogP contribution is -2.52. The Morgan fingerprint density at radius 1 is 1.50 bits per heavy atom. The summed E-state index contributed by atoms with van der Waals surface area (Å²) < 4.78 is 1.05. The van der Waals surface area contributed by atoms with Gasteiger partial charge in [0.15, 0.2) is 0 Å². The van der Waals surface area contributed by atoms with E-state index in [0.717, 1.165) is 29.8 Å². The summed E-state index contributed by atoms with van der Waals surface area (Å²) in [7, 11) is 1.99. The SMILES string of the molecule is CN1CCN(c2cccc(Br)c2)CC1CC(=O)O. The third-order valence-electron chi connectivity index (χ3n) is 3.36. The molecule has 0 amide bonds. The second-order valence-electron chi connectivity index (χ2n) is 4.66. The molecule has 0 radical (unpaired) electrons. The molecule has 1 unspecified atom stereocenters. The van der Waals surface area contributed by atoms with Crippen molar-refractivity contribution in [1.82, 2.24) is 4.90 Å². The molecule has 1 aliphatic heterocycles. The van der Waals surface area contributed by atoms with E-state index in [4.69, 9.17) is 5.11 Å². The molecule has 1 aromatic rings. The molecule has 1 N–H and O–H groups in total. The van der Waals surface area contributed by atoms with E-state index in [-0.39, 0.29) is 12.5 Å². The zero-order valence-electron chi connectivity index (χ0n) is 10.3. The summed E-state index contributed by atoms with van der Waals surface area (Å²) in [5.74, 6) is -0.733. The van der Waals surface area contributed by atoms with Crippen LogP contribution in [0.2, 0.25) is 0 Å². The predicted octanol–water partition coefficient (Wildman–Crippen LogP) is 2.04. The molecule has 5 heteroatoms. The maximum atomic E-state index is 10.9. The van der Waals surface area contributed by atoms with Gasteiger partial charge in [0.1, 0.15) is 0 Å². The van der Waals surface area contributed by atoms with Crippen molar-refractivity contribution < 1.29 is 9.90 Å². The fourth-order valence-corrected chi connectivity index (χ4v) is 2.66. The quantitative estimate of drug-likeness (QED) is 0.927. The van der Waals surface area contributed by atoms with E-state index < -0.39 is 5.97 Å². The summed E-state index contributed by atoms with van der Waals surface area (Å²) in [5, 5.41) is 8.93. The molecule has 0 bridgehead atoms. The average molecular weight is 313 g/mol. The molecule has 0 saturated carbocycles. The highest BCUT2D eigenvalue weighted by Gasteiger charge is 2.26. The Morgan fingerprint density at radius 3 is 2.94 bits per heavy atom. The van der Waals surface area contributed by atoms with Gasteiger partial charge in [-0.15, -0.1) is 0 Å². The van der Waals surface area contributed by atoms with E-state index in [1.807, 2.05) is 19.2 Å². The van der Waals surface area contributed by atoms with Gasteiger partial charge in [-0.25, -0.2) is 0 Å². The summed E-state index contributed by atoms with van der Waals surface area (Å²) in [5.41, 5.74) is 1.15. The Labute approximate surface area is 115 Å². The zero-order valence-corrected chi connectivity index (χ0v) is 11.9. The number of rotatable bonds is 3. The molecule has 0 aliphatic carbocycles. The minimum atomic E-state index is -0.733. The van der Waals surface area contributed by atoms with Crippen LogP contribution in [0.25, 0.3) is 0 Å². The van der Waals surface area contributed by atoms with Crippen LogP contribution in [0.4, 0.5) is 5.69 Å². The highest BCUT2D eigenvalue weighted by Crippen LogP contribution is 2.23. The number of hydrogen-bond donors (Lipinski definition) is 1. The highest BCUT2D eigenvalue weighted by atomic mass is 79.9. The molecule has 2 rings (SSSR count). The smallest absolute Gasteiger partial charge is 0.305 e. The van der Waals surface area contributed by atoms with E-state index in [1.54, 1.807) is 0 Å². The Hall–Kier alpha value is -1.07. The van der Waals surface area contributed by atoms with Gasteiger partial charge in [-0.3, -0.25) is 9.69 Å². The lowest BCUT2D eigenvalue weighted by atomic mass is 10.1. The van der Waals surface area contributed by atoms with Crippen LogP contribution >= 0.6 is 15.9 Å². The van der Waals surface area contributed by atoms with Crippen LogP contribution in [0.5, 0.6) is 0 Å². The maximum absolute atomic E-state index is 10.9. The van der Waals surface area contributed by atoms with Gasteiger partial charge in [0, 0.05) is 35.8 Å².